The molecule has 4 rings (SSSR count). The molecule has 0 saturated heterocycles. The van der Waals surface area contributed by atoms with Gasteiger partial charge in [-0.05, 0) is 30.3 Å². The van der Waals surface area contributed by atoms with Crippen LogP contribution in [0.1, 0.15) is 11.5 Å². The molecule has 3 aromatic rings. The van der Waals surface area contributed by atoms with Gasteiger partial charge in [0.1, 0.15) is 5.52 Å². The highest BCUT2D eigenvalue weighted by Crippen LogP contribution is 2.38. The van der Waals surface area contributed by atoms with Gasteiger partial charge in [0.25, 0.3) is 5.69 Å². The number of nitro benzene ring substituents is 1. The van der Waals surface area contributed by atoms with Gasteiger partial charge in [-0.1, -0.05) is 0 Å². The second-order valence-electron chi connectivity index (χ2n) is 5.76. The van der Waals surface area contributed by atoms with Gasteiger partial charge in [-0.3, -0.25) is 14.9 Å². The van der Waals surface area contributed by atoms with E-state index >= 15 is 0 Å². The molecule has 1 aliphatic rings. The fourth-order valence-corrected chi connectivity index (χ4v) is 2.71. The zero-order valence-electron chi connectivity index (χ0n) is 14.1. The van der Waals surface area contributed by atoms with E-state index in [0.29, 0.717) is 34.2 Å². The number of oxazole rings is 1. The van der Waals surface area contributed by atoms with Gasteiger partial charge in [0.15, 0.2) is 23.0 Å². The average molecular weight is 367 g/mol. The van der Waals surface area contributed by atoms with Gasteiger partial charge in [0.2, 0.25) is 12.7 Å². The topological polar surface area (TPSA) is 117 Å². The number of benzene rings is 2. The number of aromatic nitrogens is 1. The van der Waals surface area contributed by atoms with Gasteiger partial charge >= 0.3 is 0 Å². The number of carbonyl (C=O) groups excluding carboxylic acids is 1. The lowest BCUT2D eigenvalue weighted by Gasteiger charge is -2.02. The standard InChI is InChI=1S/C18H13N3O6/c1-10-19-13-7-12(3-4-15(13)27-10)20-18(22)5-2-11-6-16-17(26-9-25-16)8-14(11)21(23)24/h2-8H,9H2,1H3,(H,20,22)/b5-2+. The lowest BCUT2D eigenvalue weighted by Crippen LogP contribution is -2.07. The van der Waals surface area contributed by atoms with E-state index in [2.05, 4.69) is 10.3 Å². The number of carbonyl (C=O) groups is 1. The molecule has 0 fully saturated rings. The van der Waals surface area contributed by atoms with Crippen molar-refractivity contribution in [2.45, 2.75) is 6.92 Å². The first-order chi connectivity index (χ1) is 13.0. The van der Waals surface area contributed by atoms with Crippen LogP contribution in [0.4, 0.5) is 11.4 Å². The summed E-state index contributed by atoms with van der Waals surface area (Å²) >= 11 is 0. The highest BCUT2D eigenvalue weighted by molar-refractivity contribution is 6.03. The molecular formula is C18H13N3O6. The fourth-order valence-electron chi connectivity index (χ4n) is 2.71. The second-order valence-corrected chi connectivity index (χ2v) is 5.76. The highest BCUT2D eigenvalue weighted by atomic mass is 16.7. The summed E-state index contributed by atoms with van der Waals surface area (Å²) in [4.78, 5) is 27.1. The van der Waals surface area contributed by atoms with Crippen molar-refractivity contribution in [3.8, 4) is 11.5 Å². The number of ether oxygens (including phenoxy) is 2. The molecule has 2 heterocycles. The number of nitro groups is 1. The molecule has 136 valence electrons. The van der Waals surface area contributed by atoms with Gasteiger partial charge in [-0.25, -0.2) is 4.98 Å². The Kier molecular flexibility index (Phi) is 3.96. The van der Waals surface area contributed by atoms with Crippen LogP contribution in [0.5, 0.6) is 11.5 Å². The third-order valence-electron chi connectivity index (χ3n) is 3.89. The number of nitrogens with zero attached hydrogens (tertiary/aromatic N) is 2. The number of hydrogen-bond donors (Lipinski definition) is 1. The number of aryl methyl sites for hydroxylation is 1. The summed E-state index contributed by atoms with van der Waals surface area (Å²) in [5.41, 5.74) is 1.84. The molecule has 1 amide bonds. The van der Waals surface area contributed by atoms with E-state index in [-0.39, 0.29) is 18.0 Å². The summed E-state index contributed by atoms with van der Waals surface area (Å²) in [5.74, 6) is 0.789. The quantitative estimate of drug-likeness (QED) is 0.426. The Hall–Kier alpha value is -3.88. The Morgan fingerprint density at radius 1 is 1.26 bits per heavy atom. The summed E-state index contributed by atoms with van der Waals surface area (Å²) in [5, 5.41) is 13.9. The molecule has 0 unspecified atom stereocenters. The van der Waals surface area contributed by atoms with Crippen LogP contribution >= 0.6 is 0 Å². The minimum absolute atomic E-state index is 0.00411. The molecule has 0 radical (unpaired) electrons. The van der Waals surface area contributed by atoms with Crippen molar-refractivity contribution in [1.82, 2.24) is 4.98 Å². The molecule has 0 bridgehead atoms. The molecule has 9 nitrogen and oxygen atoms in total. The van der Waals surface area contributed by atoms with Gasteiger partial charge in [-0.2, -0.15) is 0 Å². The van der Waals surface area contributed by atoms with Crippen molar-refractivity contribution in [3.05, 3.63) is 58.0 Å². The SMILES string of the molecule is Cc1nc2cc(NC(=O)/C=C/c3cc4c(cc3[N+](=O)[O-])OCO4)ccc2o1. The summed E-state index contributed by atoms with van der Waals surface area (Å²) in [6.07, 6.45) is 2.57. The smallest absolute Gasteiger partial charge is 0.280 e. The van der Waals surface area contributed by atoms with Crippen LogP contribution in [0, 0.1) is 17.0 Å². The van der Waals surface area contributed by atoms with Crippen molar-refractivity contribution in [2.24, 2.45) is 0 Å². The molecule has 0 saturated carbocycles. The lowest BCUT2D eigenvalue weighted by molar-refractivity contribution is -0.385. The predicted molar refractivity (Wildman–Crippen MR) is 95.6 cm³/mol. The number of rotatable bonds is 4. The molecule has 0 spiro atoms. The predicted octanol–water partition coefficient (Wildman–Crippen LogP) is 3.43. The maximum Gasteiger partial charge on any atom is 0.280 e. The first-order valence-corrected chi connectivity index (χ1v) is 7.94. The Balaban J connectivity index is 1.55. The van der Waals surface area contributed by atoms with Crippen LogP contribution in [0.15, 0.2) is 40.8 Å². The summed E-state index contributed by atoms with van der Waals surface area (Å²) < 4.78 is 15.7. The third-order valence-corrected chi connectivity index (χ3v) is 3.89. The van der Waals surface area contributed by atoms with Crippen molar-refractivity contribution >= 4 is 34.5 Å². The Morgan fingerprint density at radius 3 is 2.81 bits per heavy atom. The molecule has 0 aliphatic carbocycles. The molecule has 1 N–H and O–H groups in total. The number of hydrogen-bond acceptors (Lipinski definition) is 7. The highest BCUT2D eigenvalue weighted by Gasteiger charge is 2.22. The monoisotopic (exact) mass is 367 g/mol. The van der Waals surface area contributed by atoms with E-state index in [1.807, 2.05) is 0 Å². The number of nitrogens with one attached hydrogen (secondary N) is 1. The number of amides is 1. The van der Waals surface area contributed by atoms with Gasteiger partial charge in [0, 0.05) is 18.7 Å². The Labute approximate surface area is 152 Å². The zero-order valence-corrected chi connectivity index (χ0v) is 14.1. The van der Waals surface area contributed by atoms with Crippen LogP contribution in [-0.2, 0) is 4.79 Å². The van der Waals surface area contributed by atoms with E-state index < -0.39 is 10.8 Å². The Bertz CT molecular complexity index is 1100. The molecule has 27 heavy (non-hydrogen) atoms. The van der Waals surface area contributed by atoms with E-state index in [1.165, 1.54) is 24.3 Å². The normalized spacial score (nSPS) is 12.6. The Morgan fingerprint density at radius 2 is 2.04 bits per heavy atom. The van der Waals surface area contributed by atoms with E-state index in [1.54, 1.807) is 25.1 Å². The summed E-state index contributed by atoms with van der Waals surface area (Å²) in [6, 6.07) is 7.81. The minimum Gasteiger partial charge on any atom is -0.454 e. The summed E-state index contributed by atoms with van der Waals surface area (Å²) in [6.45, 7) is 1.74. The first kappa shape index (κ1) is 16.6. The van der Waals surface area contributed by atoms with Crippen LogP contribution in [0.25, 0.3) is 17.2 Å². The maximum atomic E-state index is 12.2. The lowest BCUT2D eigenvalue weighted by atomic mass is 10.1. The van der Waals surface area contributed by atoms with Crippen LogP contribution in [-0.4, -0.2) is 22.6 Å². The van der Waals surface area contributed by atoms with Crippen LogP contribution in [0.2, 0.25) is 0 Å². The van der Waals surface area contributed by atoms with E-state index in [4.69, 9.17) is 13.9 Å². The van der Waals surface area contributed by atoms with E-state index in [0.717, 1.165) is 0 Å². The van der Waals surface area contributed by atoms with Crippen molar-refractivity contribution < 1.29 is 23.6 Å². The second kappa shape index (κ2) is 6.45. The fraction of sp³-hybridized carbons (Fsp3) is 0.111. The van der Waals surface area contributed by atoms with Gasteiger partial charge in [-0.15, -0.1) is 0 Å². The molecule has 0 atom stereocenters. The van der Waals surface area contributed by atoms with Crippen molar-refractivity contribution in [2.75, 3.05) is 12.1 Å². The first-order valence-electron chi connectivity index (χ1n) is 7.94. The van der Waals surface area contributed by atoms with E-state index in [9.17, 15) is 14.9 Å². The number of fused-ring (bicyclic) bond motifs is 2. The zero-order chi connectivity index (χ0) is 19.0. The maximum absolute atomic E-state index is 12.2. The van der Waals surface area contributed by atoms with Gasteiger partial charge in [0.05, 0.1) is 16.6 Å². The molecule has 1 aromatic heterocycles. The summed E-state index contributed by atoms with van der Waals surface area (Å²) in [7, 11) is 0. The van der Waals surface area contributed by atoms with Crippen molar-refractivity contribution in [1.29, 1.82) is 0 Å². The minimum atomic E-state index is -0.541. The molecule has 1 aliphatic heterocycles. The van der Waals surface area contributed by atoms with Gasteiger partial charge < -0.3 is 19.2 Å². The molecule has 2 aromatic carbocycles. The number of anilines is 1. The average Bonchev–Trinajstić information content (AvgIpc) is 3.23. The largest absolute Gasteiger partial charge is 0.454 e. The van der Waals surface area contributed by atoms with Crippen molar-refractivity contribution in [3.63, 3.8) is 0 Å². The molecule has 9 heteroatoms. The van der Waals surface area contributed by atoms with Crippen LogP contribution in [0.3, 0.4) is 0 Å². The molecular weight excluding hydrogens is 354 g/mol. The third kappa shape index (κ3) is 3.30. The van der Waals surface area contributed by atoms with Crippen LogP contribution < -0.4 is 14.8 Å².